The van der Waals surface area contributed by atoms with Gasteiger partial charge in [0.25, 0.3) is 0 Å². The molecule has 10 nitrogen and oxygen atoms in total. The van der Waals surface area contributed by atoms with Gasteiger partial charge in [0.2, 0.25) is 17.6 Å². The number of aryl methyl sites for hydroxylation is 1. The SMILES string of the molecule is CCC[C@H](CC(=O)[C@@H]1CC2(CN1C(=O)[C@@H](NC(=O)[C@@H](CC(=O)c1[nH]c(C)c(C)c1C(C)=O)C1CCCCC1)C(C)(C)C)SCCCS2)C(=O)C(=O)CC1CC1. The van der Waals surface area contributed by atoms with Crippen molar-refractivity contribution in [2.75, 3.05) is 18.1 Å². The highest BCUT2D eigenvalue weighted by molar-refractivity contribution is 8.18. The number of Topliss-reactive ketones (excluding diaryl/α,β-unsaturated/α-hetero) is 5. The lowest BCUT2D eigenvalue weighted by Gasteiger charge is -2.38. The van der Waals surface area contributed by atoms with Crippen molar-refractivity contribution in [3.05, 3.63) is 22.5 Å². The molecule has 2 saturated carbocycles. The Morgan fingerprint density at radius 2 is 1.58 bits per heavy atom. The number of ketones is 5. The van der Waals surface area contributed by atoms with Crippen LogP contribution in [0.3, 0.4) is 0 Å². The number of aromatic amines is 1. The Bertz CT molecular complexity index is 1640. The predicted molar refractivity (Wildman–Crippen MR) is 218 cm³/mol. The maximum absolute atomic E-state index is 15.0. The number of nitrogens with zero attached hydrogens (tertiary/aromatic N) is 1. The molecule has 1 spiro atoms. The molecule has 2 aliphatic carbocycles. The van der Waals surface area contributed by atoms with Gasteiger partial charge in [-0.3, -0.25) is 33.6 Å². The summed E-state index contributed by atoms with van der Waals surface area (Å²) in [6.07, 6.45) is 9.14. The molecule has 2 aliphatic heterocycles. The molecule has 0 aromatic carbocycles. The molecule has 1 aromatic heterocycles. The summed E-state index contributed by atoms with van der Waals surface area (Å²) in [4.78, 5) is 102. The zero-order valence-electron chi connectivity index (χ0n) is 34.1. The molecule has 4 fully saturated rings. The minimum Gasteiger partial charge on any atom is -0.355 e. The number of likely N-dealkylation sites (tertiary alicyclic amines) is 1. The molecular weight excluding hydrogens is 735 g/mol. The van der Waals surface area contributed by atoms with Crippen molar-refractivity contribution >= 4 is 64.3 Å². The van der Waals surface area contributed by atoms with Gasteiger partial charge in [-0.1, -0.05) is 53.4 Å². The Kier molecular flexibility index (Phi) is 14.4. The quantitative estimate of drug-likeness (QED) is 0.120. The number of hydrogen-bond donors (Lipinski definition) is 2. The maximum Gasteiger partial charge on any atom is 0.246 e. The third-order valence-corrected chi connectivity index (χ3v) is 15.7. The Balaban J connectivity index is 1.41. The van der Waals surface area contributed by atoms with Crippen LogP contribution in [0.1, 0.15) is 157 Å². The number of aromatic nitrogens is 1. The van der Waals surface area contributed by atoms with Gasteiger partial charge < -0.3 is 15.2 Å². The minimum atomic E-state index is -0.985. The maximum atomic E-state index is 15.0. The fourth-order valence-corrected chi connectivity index (χ4v) is 12.2. The Labute approximate surface area is 336 Å². The monoisotopic (exact) mass is 797 g/mol. The number of rotatable bonds is 17. The molecular formula is C43H63N3O7S2. The van der Waals surface area contributed by atoms with Crippen molar-refractivity contribution in [1.82, 2.24) is 15.2 Å². The molecule has 2 saturated heterocycles. The number of H-pyrrole nitrogens is 1. The number of carbonyl (C=O) groups is 7. The molecule has 2 N–H and O–H groups in total. The van der Waals surface area contributed by atoms with Gasteiger partial charge in [0.15, 0.2) is 23.1 Å². The lowest BCUT2D eigenvalue weighted by Crippen LogP contribution is -2.58. The fraction of sp³-hybridized carbons (Fsp3) is 0.744. The van der Waals surface area contributed by atoms with E-state index < -0.39 is 35.1 Å². The van der Waals surface area contributed by atoms with E-state index in [9.17, 15) is 33.6 Å². The molecule has 0 radical (unpaired) electrons. The molecule has 4 aliphatic rings. The van der Waals surface area contributed by atoms with Crippen molar-refractivity contribution in [2.45, 2.75) is 155 Å². The van der Waals surface area contributed by atoms with Crippen molar-refractivity contribution in [2.24, 2.45) is 29.1 Å². The zero-order chi connectivity index (χ0) is 40.2. The van der Waals surface area contributed by atoms with Crippen molar-refractivity contribution in [3.63, 3.8) is 0 Å². The Morgan fingerprint density at radius 1 is 0.927 bits per heavy atom. The molecule has 304 valence electrons. The summed E-state index contributed by atoms with van der Waals surface area (Å²) >= 11 is 3.56. The van der Waals surface area contributed by atoms with Crippen LogP contribution in [-0.4, -0.2) is 84.8 Å². The molecule has 4 atom stereocenters. The summed E-state index contributed by atoms with van der Waals surface area (Å²) < 4.78 is -0.371. The Morgan fingerprint density at radius 3 is 2.16 bits per heavy atom. The van der Waals surface area contributed by atoms with E-state index in [4.69, 9.17) is 0 Å². The predicted octanol–water partition coefficient (Wildman–Crippen LogP) is 7.62. The first-order valence-electron chi connectivity index (χ1n) is 20.7. The van der Waals surface area contributed by atoms with Crippen LogP contribution in [-0.2, 0) is 24.0 Å². The summed E-state index contributed by atoms with van der Waals surface area (Å²) in [7, 11) is 0. The lowest BCUT2D eigenvalue weighted by molar-refractivity contribution is -0.145. The second-order valence-electron chi connectivity index (χ2n) is 17.9. The molecule has 12 heteroatoms. The largest absolute Gasteiger partial charge is 0.355 e. The average molecular weight is 798 g/mol. The van der Waals surface area contributed by atoms with Crippen molar-refractivity contribution < 1.29 is 33.6 Å². The van der Waals surface area contributed by atoms with Gasteiger partial charge >= 0.3 is 0 Å². The summed E-state index contributed by atoms with van der Waals surface area (Å²) in [6.45, 7) is 13.1. The van der Waals surface area contributed by atoms with Gasteiger partial charge in [-0.05, 0) is 93.6 Å². The second-order valence-corrected chi connectivity index (χ2v) is 21.1. The van der Waals surface area contributed by atoms with E-state index in [2.05, 4.69) is 10.3 Å². The smallest absolute Gasteiger partial charge is 0.246 e. The van der Waals surface area contributed by atoms with Gasteiger partial charge in [-0.2, -0.15) is 0 Å². The van der Waals surface area contributed by atoms with Crippen LogP contribution in [0, 0.1) is 42.9 Å². The molecule has 5 rings (SSSR count). The molecule has 0 unspecified atom stereocenters. The summed E-state index contributed by atoms with van der Waals surface area (Å²) in [6, 6.07) is -1.76. The van der Waals surface area contributed by atoms with Gasteiger partial charge in [0.05, 0.1) is 15.8 Å². The molecule has 3 heterocycles. The third kappa shape index (κ3) is 10.4. The van der Waals surface area contributed by atoms with Crippen LogP contribution in [0.25, 0.3) is 0 Å². The van der Waals surface area contributed by atoms with Gasteiger partial charge in [0.1, 0.15) is 6.04 Å². The van der Waals surface area contributed by atoms with Crippen molar-refractivity contribution in [3.8, 4) is 0 Å². The summed E-state index contributed by atoms with van der Waals surface area (Å²) in [5.41, 5.74) is 1.32. The van der Waals surface area contributed by atoms with Crippen molar-refractivity contribution in [1.29, 1.82) is 0 Å². The minimum absolute atomic E-state index is 0.0542. The highest BCUT2D eigenvalue weighted by Gasteiger charge is 2.53. The average Bonchev–Trinajstić information content (AvgIpc) is 3.81. The summed E-state index contributed by atoms with van der Waals surface area (Å²) in [5, 5.41) is 3.13. The van der Waals surface area contributed by atoms with Gasteiger partial charge in [-0.15, -0.1) is 23.5 Å². The van der Waals surface area contributed by atoms with Crippen LogP contribution in [0.5, 0.6) is 0 Å². The van der Waals surface area contributed by atoms with E-state index in [0.717, 1.165) is 74.1 Å². The first-order chi connectivity index (χ1) is 26.0. The van der Waals surface area contributed by atoms with E-state index >= 15 is 0 Å². The number of thioether (sulfide) groups is 2. The third-order valence-electron chi connectivity index (χ3n) is 12.4. The van der Waals surface area contributed by atoms with E-state index in [1.54, 1.807) is 28.4 Å². The first-order valence-corrected chi connectivity index (χ1v) is 22.6. The van der Waals surface area contributed by atoms with Crippen LogP contribution in [0.2, 0.25) is 0 Å². The molecule has 55 heavy (non-hydrogen) atoms. The molecule has 1 aromatic rings. The normalized spacial score (nSPS) is 21.9. The standard InChI is InChI=1S/C43H63N3O7S2/c1-8-13-30(38(51)35(50)20-28-16-17-28)21-33(48)32-23-43(54-18-12-19-55-43)24-46(32)41(53)39(42(5,6)7)45-40(52)31(29-14-10-9-11-15-29)22-34(49)37-36(27(4)47)25(2)26(3)44-37/h28-32,39,44H,8-24H2,1-7H3,(H,45,52)/t30-,31+,32+,39-/m1/s1. The number of carbonyl (C=O) groups excluding carboxylic acids is 7. The Hall–Kier alpha value is -2.73. The van der Waals surface area contributed by atoms with Crippen LogP contribution in [0.15, 0.2) is 0 Å². The first kappa shape index (κ1) is 43.4. The van der Waals surface area contributed by atoms with Crippen LogP contribution < -0.4 is 5.32 Å². The highest BCUT2D eigenvalue weighted by atomic mass is 32.2. The number of nitrogens with one attached hydrogen (secondary N) is 2. The van der Waals surface area contributed by atoms with Crippen LogP contribution >= 0.6 is 23.5 Å². The fourth-order valence-electron chi connectivity index (χ4n) is 8.89. The second kappa shape index (κ2) is 18.2. The molecule has 0 bridgehead atoms. The van der Waals surface area contributed by atoms with Gasteiger partial charge in [-0.25, -0.2) is 0 Å². The highest BCUT2D eigenvalue weighted by Crippen LogP contribution is 2.51. The van der Waals surface area contributed by atoms with E-state index in [0.29, 0.717) is 31.4 Å². The summed E-state index contributed by atoms with van der Waals surface area (Å²) in [5.74, 6) is -1.59. The van der Waals surface area contributed by atoms with Crippen LogP contribution in [0.4, 0.5) is 0 Å². The van der Waals surface area contributed by atoms with E-state index in [-0.39, 0.29) is 75.8 Å². The molecule has 2 amide bonds. The van der Waals surface area contributed by atoms with E-state index in [1.165, 1.54) is 6.92 Å². The zero-order valence-corrected chi connectivity index (χ0v) is 35.7. The van der Waals surface area contributed by atoms with Gasteiger partial charge in [0, 0.05) is 55.3 Å². The lowest BCUT2D eigenvalue weighted by atomic mass is 9.76. The van der Waals surface area contributed by atoms with E-state index in [1.807, 2.05) is 41.5 Å². The topological polar surface area (TPSA) is 151 Å². The number of amides is 2. The number of hydrogen-bond acceptors (Lipinski definition) is 9.